The Hall–Kier alpha value is -4.71. The van der Waals surface area contributed by atoms with Crippen molar-refractivity contribution in [3.05, 3.63) is 36.3 Å². The second-order valence-electron chi connectivity index (χ2n) is 14.9. The fourth-order valence-corrected chi connectivity index (χ4v) is 9.14. The number of nitrogens with one attached hydrogen (secondary N) is 3. The zero-order chi connectivity index (χ0) is 39.2. The van der Waals surface area contributed by atoms with E-state index in [0.717, 1.165) is 0 Å². The van der Waals surface area contributed by atoms with Crippen molar-refractivity contribution in [3.8, 4) is 17.4 Å². The molecule has 294 valence electrons. The smallest absolute Gasteiger partial charge is 0.405 e. The summed E-state index contributed by atoms with van der Waals surface area (Å²) in [5.41, 5.74) is -1.68. The number of aliphatic hydroxyl groups excluding tert-OH is 1. The highest BCUT2D eigenvalue weighted by atomic mass is 32.2. The maximum absolute atomic E-state index is 15.0. The topological polar surface area (TPSA) is 223 Å². The number of methoxy groups -OCH3 is 2. The highest BCUT2D eigenvalue weighted by Crippen LogP contribution is 2.48. The van der Waals surface area contributed by atoms with Crippen LogP contribution in [0, 0.1) is 23.6 Å². The zero-order valence-corrected chi connectivity index (χ0v) is 31.3. The van der Waals surface area contributed by atoms with Crippen molar-refractivity contribution in [3.63, 3.8) is 0 Å². The minimum absolute atomic E-state index is 0.0262. The average Bonchev–Trinajstić information content (AvgIpc) is 4.03. The Morgan fingerprint density at radius 1 is 1.11 bits per heavy atom. The van der Waals surface area contributed by atoms with E-state index in [2.05, 4.69) is 20.3 Å². The van der Waals surface area contributed by atoms with Gasteiger partial charge in [0.2, 0.25) is 27.7 Å². The number of aromatic nitrogens is 1. The third-order valence-corrected chi connectivity index (χ3v) is 13.3. The standard InChI is InChI=1S/C36H46FN5O11S/c1-19-7-5-6-8-21-15-36(21,33(46)41-54(49,50)35(18-43)9-10-35)40-30(44)26-12-22(17-42(26)32(45)29(20(2)11-19)39-34(47)48)53-31-24-13-25(37)27(51-3)14-23(24)28(52-4)16-38-31/h6,8,13-14,16,19-22,26,29,39,43H,5,7,9-12,15,17-18H2,1-4H3,(H,40,44)(H,41,46)(H,47,48)/t19-,20+,21+,22+,26-,29-,36+/m0/s1. The number of carbonyl (C=O) groups is 4. The van der Waals surface area contributed by atoms with Gasteiger partial charge in [0.15, 0.2) is 11.6 Å². The van der Waals surface area contributed by atoms with Gasteiger partial charge in [-0.05, 0) is 62.5 Å². The quantitative estimate of drug-likeness (QED) is 0.232. The Labute approximate surface area is 311 Å². The van der Waals surface area contributed by atoms with Crippen LogP contribution in [0.5, 0.6) is 17.4 Å². The number of halogens is 1. The van der Waals surface area contributed by atoms with Gasteiger partial charge < -0.3 is 40.0 Å². The van der Waals surface area contributed by atoms with Crippen LogP contribution in [0.1, 0.15) is 58.8 Å². The number of pyridine rings is 1. The minimum Gasteiger partial charge on any atom is -0.494 e. The number of allylic oxidation sites excluding steroid dienone is 1. The van der Waals surface area contributed by atoms with Crippen LogP contribution in [0.25, 0.3) is 10.8 Å². The summed E-state index contributed by atoms with van der Waals surface area (Å²) in [6, 6.07) is 0.0519. The molecule has 18 heteroatoms. The van der Waals surface area contributed by atoms with E-state index >= 15 is 0 Å². The number of fused-ring (bicyclic) bond motifs is 3. The summed E-state index contributed by atoms with van der Waals surface area (Å²) in [5.74, 6) is -3.89. The summed E-state index contributed by atoms with van der Waals surface area (Å²) in [6.07, 6.45) is 4.70. The molecule has 54 heavy (non-hydrogen) atoms. The van der Waals surface area contributed by atoms with Crippen molar-refractivity contribution in [1.82, 2.24) is 25.2 Å². The lowest BCUT2D eigenvalue weighted by Crippen LogP contribution is -2.59. The van der Waals surface area contributed by atoms with E-state index in [9.17, 15) is 42.2 Å². The third kappa shape index (κ3) is 7.37. The van der Waals surface area contributed by atoms with Crippen molar-refractivity contribution in [2.75, 3.05) is 27.4 Å². The van der Waals surface area contributed by atoms with E-state index in [1.807, 2.05) is 13.0 Å². The van der Waals surface area contributed by atoms with Crippen LogP contribution in [-0.4, -0.2) is 108 Å². The number of carboxylic acid groups (broad SMARTS) is 1. The van der Waals surface area contributed by atoms with Gasteiger partial charge in [-0.2, -0.15) is 0 Å². The number of aliphatic hydroxyl groups is 1. The molecule has 4 aliphatic rings. The van der Waals surface area contributed by atoms with Crippen LogP contribution >= 0.6 is 0 Å². The van der Waals surface area contributed by atoms with E-state index in [-0.39, 0.29) is 55.2 Å². The number of rotatable bonds is 9. The molecule has 6 rings (SSSR count). The maximum atomic E-state index is 15.0. The molecule has 1 saturated heterocycles. The molecule has 2 aliphatic carbocycles. The minimum atomic E-state index is -4.30. The Kier molecular flexibility index (Phi) is 10.7. The van der Waals surface area contributed by atoms with Gasteiger partial charge in [0.25, 0.3) is 5.91 Å². The van der Waals surface area contributed by atoms with Crippen LogP contribution in [0.4, 0.5) is 9.18 Å². The molecule has 16 nitrogen and oxygen atoms in total. The molecule has 0 bridgehead atoms. The Morgan fingerprint density at radius 3 is 2.48 bits per heavy atom. The maximum Gasteiger partial charge on any atom is 0.405 e. The number of hydrogen-bond donors (Lipinski definition) is 5. The van der Waals surface area contributed by atoms with Gasteiger partial charge in [-0.25, -0.2) is 22.6 Å². The summed E-state index contributed by atoms with van der Waals surface area (Å²) < 4.78 is 58.7. The molecule has 0 radical (unpaired) electrons. The predicted molar refractivity (Wildman–Crippen MR) is 191 cm³/mol. The van der Waals surface area contributed by atoms with Crippen molar-refractivity contribution in [2.24, 2.45) is 17.8 Å². The first kappa shape index (κ1) is 39.0. The molecule has 0 spiro atoms. The highest BCUT2D eigenvalue weighted by Gasteiger charge is 2.64. The van der Waals surface area contributed by atoms with Crippen molar-refractivity contribution >= 4 is 44.6 Å². The zero-order valence-electron chi connectivity index (χ0n) is 30.5. The summed E-state index contributed by atoms with van der Waals surface area (Å²) in [6.45, 7) is 2.87. The molecule has 0 unspecified atom stereocenters. The van der Waals surface area contributed by atoms with Crippen LogP contribution < -0.4 is 29.6 Å². The van der Waals surface area contributed by atoms with Crippen LogP contribution in [0.15, 0.2) is 30.5 Å². The number of sulfonamides is 1. The van der Waals surface area contributed by atoms with Gasteiger partial charge in [0, 0.05) is 17.7 Å². The number of benzene rings is 1. The second kappa shape index (κ2) is 14.8. The SMILES string of the molecule is COc1cc2c(OC)cnc(O[C@@H]3C[C@H]4C(=O)N[C@]5(C(=O)NS(=O)(=O)C6(CO)CC6)C[C@H]5C=CCC[C@H](C)C[C@@H](C)[C@H](NC(=O)O)C(=O)N4C3)c2cc1F. The van der Waals surface area contributed by atoms with Crippen molar-refractivity contribution in [2.45, 2.75) is 87.3 Å². The molecule has 2 aromatic rings. The first-order chi connectivity index (χ1) is 25.6. The van der Waals surface area contributed by atoms with Gasteiger partial charge in [-0.1, -0.05) is 26.0 Å². The lowest BCUT2D eigenvalue weighted by Gasteiger charge is -2.32. The summed E-state index contributed by atoms with van der Waals surface area (Å²) in [7, 11) is -1.56. The fourth-order valence-electron chi connectivity index (χ4n) is 7.68. The Morgan fingerprint density at radius 2 is 1.83 bits per heavy atom. The second-order valence-corrected chi connectivity index (χ2v) is 17.0. The summed E-state index contributed by atoms with van der Waals surface area (Å²) in [5, 5.41) is 25.3. The molecular weight excluding hydrogens is 729 g/mol. The number of hydrogen-bond acceptors (Lipinski definition) is 11. The van der Waals surface area contributed by atoms with Crippen LogP contribution in [-0.2, 0) is 24.4 Å². The first-order valence-corrected chi connectivity index (χ1v) is 19.4. The normalized spacial score (nSPS) is 29.5. The molecule has 2 saturated carbocycles. The molecule has 2 aliphatic heterocycles. The van der Waals surface area contributed by atoms with Gasteiger partial charge in [-0.15, -0.1) is 0 Å². The number of ether oxygens (including phenoxy) is 3. The Bertz CT molecular complexity index is 1970. The van der Waals surface area contributed by atoms with E-state index < -0.39 is 86.6 Å². The highest BCUT2D eigenvalue weighted by molar-refractivity contribution is 7.91. The molecule has 1 aromatic carbocycles. The molecule has 7 atom stereocenters. The average molecular weight is 776 g/mol. The first-order valence-electron chi connectivity index (χ1n) is 17.9. The molecular formula is C36H46FN5O11S. The molecule has 5 N–H and O–H groups in total. The van der Waals surface area contributed by atoms with Gasteiger partial charge >= 0.3 is 6.09 Å². The number of nitrogens with zero attached hydrogens (tertiary/aromatic N) is 2. The van der Waals surface area contributed by atoms with E-state index in [1.165, 1.54) is 37.4 Å². The van der Waals surface area contributed by atoms with Crippen LogP contribution in [0.2, 0.25) is 0 Å². The van der Waals surface area contributed by atoms with Crippen molar-refractivity contribution < 1.29 is 56.4 Å². The number of carbonyl (C=O) groups excluding carboxylic acids is 3. The summed E-state index contributed by atoms with van der Waals surface area (Å²) in [4.78, 5) is 60.1. The van der Waals surface area contributed by atoms with Crippen molar-refractivity contribution in [1.29, 1.82) is 0 Å². The lowest BCUT2D eigenvalue weighted by molar-refractivity contribution is -0.142. The molecule has 3 fully saturated rings. The van der Waals surface area contributed by atoms with Gasteiger partial charge in [0.05, 0.1) is 39.0 Å². The predicted octanol–water partition coefficient (Wildman–Crippen LogP) is 2.23. The molecule has 4 amide bonds. The molecule has 3 heterocycles. The van der Waals surface area contributed by atoms with Gasteiger partial charge in [-0.3, -0.25) is 19.1 Å². The third-order valence-electron chi connectivity index (χ3n) is 11.2. The fraction of sp³-hybridized carbons (Fsp3) is 0.583. The van der Waals surface area contributed by atoms with E-state index in [4.69, 9.17) is 14.2 Å². The number of amides is 4. The largest absolute Gasteiger partial charge is 0.494 e. The van der Waals surface area contributed by atoms with E-state index in [0.29, 0.717) is 30.4 Å². The van der Waals surface area contributed by atoms with Gasteiger partial charge in [0.1, 0.15) is 34.2 Å². The lowest BCUT2D eigenvalue weighted by atomic mass is 9.88. The monoisotopic (exact) mass is 775 g/mol. The van der Waals surface area contributed by atoms with E-state index in [1.54, 1.807) is 13.0 Å². The Balaban J connectivity index is 1.36. The van der Waals surface area contributed by atoms with Crippen LogP contribution in [0.3, 0.4) is 0 Å². The summed E-state index contributed by atoms with van der Waals surface area (Å²) >= 11 is 0. The molecule has 1 aromatic heterocycles.